The van der Waals surface area contributed by atoms with Gasteiger partial charge in [0.15, 0.2) is 16.7 Å². The van der Waals surface area contributed by atoms with E-state index in [1.54, 1.807) is 61.0 Å². The average Bonchev–Trinajstić information content (AvgIpc) is 3.37. The van der Waals surface area contributed by atoms with Gasteiger partial charge in [-0.05, 0) is 43.3 Å². The van der Waals surface area contributed by atoms with Crippen molar-refractivity contribution in [1.82, 2.24) is 14.8 Å². The zero-order valence-corrected chi connectivity index (χ0v) is 18.9. The predicted octanol–water partition coefficient (Wildman–Crippen LogP) is 3.50. The molecule has 11 heteroatoms. The van der Waals surface area contributed by atoms with Crippen LogP contribution in [0.5, 0.6) is 11.5 Å². The van der Waals surface area contributed by atoms with Crippen LogP contribution in [0.25, 0.3) is 0 Å². The molecule has 2 heterocycles. The Morgan fingerprint density at radius 2 is 1.81 bits per heavy atom. The molecule has 0 fully saturated rings. The molecular weight excluding hydrogens is 454 g/mol. The first-order chi connectivity index (χ1) is 15.4. The fraction of sp³-hybridized carbons (Fsp3) is 0.238. The Kier molecular flexibility index (Phi) is 6.52. The summed E-state index contributed by atoms with van der Waals surface area (Å²) in [5, 5.41) is 14.5. The van der Waals surface area contributed by atoms with E-state index in [0.717, 1.165) is 0 Å². The first-order valence-corrected chi connectivity index (χ1v) is 11.0. The molecule has 0 aliphatic carbocycles. The van der Waals surface area contributed by atoms with Crippen molar-refractivity contribution in [2.75, 3.05) is 17.4 Å². The van der Waals surface area contributed by atoms with Crippen molar-refractivity contribution in [3.05, 3.63) is 53.3 Å². The molecule has 0 saturated heterocycles. The number of ether oxygens (including phenoxy) is 2. The first kappa shape index (κ1) is 22.0. The number of nitrogens with one attached hydrogen (secondary N) is 2. The molecule has 2 amide bonds. The summed E-state index contributed by atoms with van der Waals surface area (Å²) in [6.45, 7) is 1.94. The molecule has 1 unspecified atom stereocenters. The molecule has 2 N–H and O–H groups in total. The van der Waals surface area contributed by atoms with Crippen molar-refractivity contribution in [2.24, 2.45) is 7.05 Å². The Labute approximate surface area is 193 Å². The minimum Gasteiger partial charge on any atom is -0.454 e. The van der Waals surface area contributed by atoms with Gasteiger partial charge in [0.25, 0.3) is 0 Å². The van der Waals surface area contributed by atoms with E-state index >= 15 is 0 Å². The molecule has 0 radical (unpaired) electrons. The lowest BCUT2D eigenvalue weighted by atomic mass is 10.2. The Bertz CT molecular complexity index is 1150. The van der Waals surface area contributed by atoms with E-state index in [1.165, 1.54) is 11.8 Å². The zero-order valence-electron chi connectivity index (χ0n) is 17.3. The summed E-state index contributed by atoms with van der Waals surface area (Å²) in [6, 6.07) is 12.1. The number of rotatable bonds is 7. The van der Waals surface area contributed by atoms with Crippen molar-refractivity contribution in [3.63, 3.8) is 0 Å². The van der Waals surface area contributed by atoms with Gasteiger partial charge in [0.05, 0.1) is 11.7 Å². The molecule has 1 aliphatic rings. The molecular formula is C21H20ClN5O4S. The number of halogens is 1. The third-order valence-corrected chi connectivity index (χ3v) is 6.05. The van der Waals surface area contributed by atoms with E-state index in [-0.39, 0.29) is 25.0 Å². The molecule has 166 valence electrons. The summed E-state index contributed by atoms with van der Waals surface area (Å²) in [7, 11) is 1.76. The van der Waals surface area contributed by atoms with Gasteiger partial charge in [-0.2, -0.15) is 0 Å². The highest BCUT2D eigenvalue weighted by atomic mass is 35.5. The fourth-order valence-electron chi connectivity index (χ4n) is 2.91. The molecule has 0 saturated carbocycles. The first-order valence-electron chi connectivity index (χ1n) is 9.70. The SMILES string of the molecule is CC(Sc1nnc(CC(=O)Nc2ccc(Cl)cc2)n1C)C(=O)Nc1ccc2c(c1)OCO2. The second-order valence-corrected chi connectivity index (χ2v) is 8.75. The predicted molar refractivity (Wildman–Crippen MR) is 121 cm³/mol. The smallest absolute Gasteiger partial charge is 0.237 e. The van der Waals surface area contributed by atoms with Crippen molar-refractivity contribution in [2.45, 2.75) is 23.8 Å². The zero-order chi connectivity index (χ0) is 22.7. The second kappa shape index (κ2) is 9.49. The van der Waals surface area contributed by atoms with Crippen LogP contribution in [0.3, 0.4) is 0 Å². The van der Waals surface area contributed by atoms with Crippen LogP contribution in [0.2, 0.25) is 5.02 Å². The summed E-state index contributed by atoms with van der Waals surface area (Å²) < 4.78 is 12.3. The monoisotopic (exact) mass is 473 g/mol. The van der Waals surface area contributed by atoms with Gasteiger partial charge < -0.3 is 24.7 Å². The number of aromatic nitrogens is 3. The summed E-state index contributed by atoms with van der Waals surface area (Å²) in [5.41, 5.74) is 1.26. The highest BCUT2D eigenvalue weighted by molar-refractivity contribution is 8.00. The number of nitrogens with zero attached hydrogens (tertiary/aromatic N) is 3. The van der Waals surface area contributed by atoms with E-state index in [2.05, 4.69) is 20.8 Å². The van der Waals surface area contributed by atoms with Gasteiger partial charge in [-0.15, -0.1) is 10.2 Å². The Morgan fingerprint density at radius 3 is 2.59 bits per heavy atom. The molecule has 2 aromatic carbocycles. The lowest BCUT2D eigenvalue weighted by molar-refractivity contribution is -0.116. The highest BCUT2D eigenvalue weighted by Gasteiger charge is 2.21. The number of amides is 2. The van der Waals surface area contributed by atoms with Gasteiger partial charge >= 0.3 is 0 Å². The molecule has 0 bridgehead atoms. The molecule has 4 rings (SSSR count). The number of fused-ring (bicyclic) bond motifs is 1. The number of benzene rings is 2. The largest absolute Gasteiger partial charge is 0.454 e. The lowest BCUT2D eigenvalue weighted by Gasteiger charge is -2.12. The van der Waals surface area contributed by atoms with Crippen molar-refractivity contribution >= 4 is 46.6 Å². The number of carbonyl (C=O) groups is 2. The number of hydrogen-bond donors (Lipinski definition) is 2. The molecule has 3 aromatic rings. The topological polar surface area (TPSA) is 107 Å². The van der Waals surface area contributed by atoms with E-state index in [1.807, 2.05) is 0 Å². The second-order valence-electron chi connectivity index (χ2n) is 7.01. The normalized spacial score (nSPS) is 13.0. The maximum atomic E-state index is 12.6. The van der Waals surface area contributed by atoms with E-state index in [0.29, 0.717) is 38.9 Å². The summed E-state index contributed by atoms with van der Waals surface area (Å²) in [6.07, 6.45) is 0.0461. The number of carbonyl (C=O) groups excluding carboxylic acids is 2. The maximum Gasteiger partial charge on any atom is 0.237 e. The third kappa shape index (κ3) is 5.14. The number of hydrogen-bond acceptors (Lipinski definition) is 7. The average molecular weight is 474 g/mol. The summed E-state index contributed by atoms with van der Waals surface area (Å²) in [5.74, 6) is 1.31. The number of anilines is 2. The summed E-state index contributed by atoms with van der Waals surface area (Å²) in [4.78, 5) is 24.9. The minimum absolute atomic E-state index is 0.0461. The van der Waals surface area contributed by atoms with Crippen molar-refractivity contribution < 1.29 is 19.1 Å². The number of thioether (sulfide) groups is 1. The quantitative estimate of drug-likeness (QED) is 0.505. The van der Waals surface area contributed by atoms with Gasteiger partial charge in [-0.1, -0.05) is 23.4 Å². The minimum atomic E-state index is -0.445. The maximum absolute atomic E-state index is 12.6. The molecule has 32 heavy (non-hydrogen) atoms. The van der Waals surface area contributed by atoms with Crippen LogP contribution >= 0.6 is 23.4 Å². The highest BCUT2D eigenvalue weighted by Crippen LogP contribution is 2.34. The van der Waals surface area contributed by atoms with E-state index in [4.69, 9.17) is 21.1 Å². The van der Waals surface area contributed by atoms with Crippen LogP contribution in [-0.2, 0) is 23.1 Å². The van der Waals surface area contributed by atoms with E-state index in [9.17, 15) is 9.59 Å². The lowest BCUT2D eigenvalue weighted by Crippen LogP contribution is -2.23. The van der Waals surface area contributed by atoms with E-state index < -0.39 is 5.25 Å². The molecule has 1 aliphatic heterocycles. The van der Waals surface area contributed by atoms with Crippen LogP contribution < -0.4 is 20.1 Å². The van der Waals surface area contributed by atoms with Gasteiger partial charge in [0.2, 0.25) is 18.6 Å². The van der Waals surface area contributed by atoms with Crippen LogP contribution in [0.15, 0.2) is 47.6 Å². The molecule has 1 atom stereocenters. The summed E-state index contributed by atoms with van der Waals surface area (Å²) >= 11 is 7.11. The van der Waals surface area contributed by atoms with Crippen LogP contribution in [0, 0.1) is 0 Å². The molecule has 9 nitrogen and oxygen atoms in total. The van der Waals surface area contributed by atoms with Gasteiger partial charge in [0.1, 0.15) is 5.82 Å². The van der Waals surface area contributed by atoms with Crippen LogP contribution in [0.4, 0.5) is 11.4 Å². The van der Waals surface area contributed by atoms with Crippen molar-refractivity contribution in [1.29, 1.82) is 0 Å². The van der Waals surface area contributed by atoms with Gasteiger partial charge in [-0.3, -0.25) is 9.59 Å². The van der Waals surface area contributed by atoms with Crippen LogP contribution in [0.1, 0.15) is 12.7 Å². The van der Waals surface area contributed by atoms with Gasteiger partial charge in [0, 0.05) is 29.5 Å². The Morgan fingerprint density at radius 1 is 1.09 bits per heavy atom. The molecule has 1 aromatic heterocycles. The van der Waals surface area contributed by atoms with Crippen molar-refractivity contribution in [3.8, 4) is 11.5 Å². The molecule has 0 spiro atoms. The van der Waals surface area contributed by atoms with Gasteiger partial charge in [-0.25, -0.2) is 0 Å². The Balaban J connectivity index is 1.33. The Hall–Kier alpha value is -3.24. The fourth-order valence-corrected chi connectivity index (χ4v) is 3.87. The third-order valence-electron chi connectivity index (χ3n) is 4.66. The standard InChI is InChI=1S/C21H20ClN5O4S/c1-12(20(29)24-15-7-8-16-17(9-15)31-11-30-16)32-21-26-25-18(27(21)2)10-19(28)23-14-5-3-13(22)4-6-14/h3-9,12H,10-11H2,1-2H3,(H,23,28)(H,24,29). The van der Waals surface area contributed by atoms with Crippen LogP contribution in [-0.4, -0.2) is 38.6 Å².